The van der Waals surface area contributed by atoms with E-state index in [4.69, 9.17) is 5.11 Å². The van der Waals surface area contributed by atoms with Crippen LogP contribution in [0, 0.1) is 0 Å². The zero-order chi connectivity index (χ0) is 11.3. The molecule has 1 heterocycles. The van der Waals surface area contributed by atoms with Crippen LogP contribution in [0.25, 0.3) is 0 Å². The summed E-state index contributed by atoms with van der Waals surface area (Å²) in [6.45, 7) is 0.264. The number of nitrogens with one attached hydrogen (secondary N) is 1. The van der Waals surface area contributed by atoms with Crippen LogP contribution < -0.4 is 5.32 Å². The fraction of sp³-hybridized carbons (Fsp3) is 0.444. The predicted molar refractivity (Wildman–Crippen MR) is 55.7 cm³/mol. The largest absolute Gasteiger partial charge is 0.386 e. The third-order valence-corrected chi connectivity index (χ3v) is 2.17. The Morgan fingerprint density at radius 2 is 2.20 bits per heavy atom. The van der Waals surface area contributed by atoms with Gasteiger partial charge in [0.15, 0.2) is 0 Å². The number of hydrogen-bond acceptors (Lipinski definition) is 3. The van der Waals surface area contributed by atoms with Gasteiger partial charge in [-0.1, -0.05) is 0 Å². The zero-order valence-electron chi connectivity index (χ0n) is 7.83. The summed E-state index contributed by atoms with van der Waals surface area (Å²) in [6.07, 6.45) is -1.06. The maximum Gasteiger partial charge on any atom is 0.265 e. The molecule has 0 aromatic carbocycles. The molecule has 0 amide bonds. The molecule has 1 unspecified atom stereocenters. The Morgan fingerprint density at radius 1 is 1.47 bits per heavy atom. The maximum absolute atomic E-state index is 11.9. The Bertz CT molecular complexity index is 312. The zero-order valence-corrected chi connectivity index (χ0v) is 9.42. The van der Waals surface area contributed by atoms with Gasteiger partial charge in [0, 0.05) is 30.0 Å². The highest BCUT2D eigenvalue weighted by atomic mass is 79.9. The molecule has 0 aliphatic carbocycles. The molecule has 0 saturated carbocycles. The normalized spacial score (nSPS) is 13.1. The van der Waals surface area contributed by atoms with E-state index in [9.17, 15) is 8.78 Å². The van der Waals surface area contributed by atoms with Crippen molar-refractivity contribution in [1.82, 2.24) is 10.3 Å². The van der Waals surface area contributed by atoms with Gasteiger partial charge in [0.2, 0.25) is 0 Å². The van der Waals surface area contributed by atoms with Crippen molar-refractivity contribution in [3.8, 4) is 0 Å². The minimum atomic E-state index is -2.71. The topological polar surface area (TPSA) is 45.1 Å². The highest BCUT2D eigenvalue weighted by molar-refractivity contribution is 9.10. The van der Waals surface area contributed by atoms with Crippen molar-refractivity contribution >= 4 is 15.9 Å². The second-order valence-electron chi connectivity index (χ2n) is 3.04. The van der Waals surface area contributed by atoms with E-state index in [1.54, 1.807) is 12.4 Å². The molecular formula is C9H11BrF2N2O. The van der Waals surface area contributed by atoms with Crippen molar-refractivity contribution in [2.24, 2.45) is 0 Å². The third-order valence-electron chi connectivity index (χ3n) is 1.73. The first-order chi connectivity index (χ1) is 7.09. The number of aromatic nitrogens is 1. The number of nitrogens with zero attached hydrogens (tertiary/aromatic N) is 1. The summed E-state index contributed by atoms with van der Waals surface area (Å²) in [5.41, 5.74) is 0.867. The Labute approximate surface area is 94.7 Å². The number of rotatable bonds is 5. The van der Waals surface area contributed by atoms with Gasteiger partial charge in [-0.3, -0.25) is 4.98 Å². The van der Waals surface area contributed by atoms with Gasteiger partial charge in [-0.05, 0) is 27.6 Å². The van der Waals surface area contributed by atoms with E-state index in [0.29, 0.717) is 6.54 Å². The Kier molecular flexibility index (Phi) is 5.07. The molecule has 6 heteroatoms. The van der Waals surface area contributed by atoms with Crippen LogP contribution in [0.5, 0.6) is 0 Å². The molecule has 0 aliphatic rings. The van der Waals surface area contributed by atoms with Gasteiger partial charge < -0.3 is 10.4 Å². The highest BCUT2D eigenvalue weighted by Gasteiger charge is 2.15. The van der Waals surface area contributed by atoms with Gasteiger partial charge >= 0.3 is 0 Å². The molecule has 0 radical (unpaired) electrons. The second kappa shape index (κ2) is 6.09. The van der Waals surface area contributed by atoms with E-state index in [0.717, 1.165) is 10.0 Å². The molecule has 0 saturated heterocycles. The van der Waals surface area contributed by atoms with Gasteiger partial charge in [0.25, 0.3) is 6.43 Å². The van der Waals surface area contributed by atoms with Gasteiger partial charge in [-0.2, -0.15) is 0 Å². The van der Waals surface area contributed by atoms with Crippen LogP contribution in [-0.4, -0.2) is 29.2 Å². The number of halogens is 3. The van der Waals surface area contributed by atoms with E-state index in [1.165, 1.54) is 0 Å². The Balaban J connectivity index is 2.32. The quantitative estimate of drug-likeness (QED) is 0.861. The van der Waals surface area contributed by atoms with Crippen LogP contribution in [0.3, 0.4) is 0 Å². The predicted octanol–water partition coefficient (Wildman–Crippen LogP) is 1.56. The summed E-state index contributed by atoms with van der Waals surface area (Å²) in [4.78, 5) is 3.92. The molecule has 84 valence electrons. The van der Waals surface area contributed by atoms with Crippen molar-refractivity contribution < 1.29 is 13.9 Å². The molecule has 0 spiro atoms. The molecule has 2 N–H and O–H groups in total. The number of aliphatic hydroxyl groups excluding tert-OH is 1. The Hall–Kier alpha value is -0.590. The summed E-state index contributed by atoms with van der Waals surface area (Å²) in [5.74, 6) is 0. The van der Waals surface area contributed by atoms with Crippen LogP contribution in [0.1, 0.15) is 5.56 Å². The van der Waals surface area contributed by atoms with Crippen molar-refractivity contribution in [2.75, 3.05) is 6.54 Å². The lowest BCUT2D eigenvalue weighted by molar-refractivity contribution is -0.00341. The lowest BCUT2D eigenvalue weighted by Crippen LogP contribution is -2.31. The second-order valence-corrected chi connectivity index (χ2v) is 3.96. The summed E-state index contributed by atoms with van der Waals surface area (Å²) in [6, 6.07) is 1.83. The van der Waals surface area contributed by atoms with Crippen molar-refractivity contribution in [3.63, 3.8) is 0 Å². The molecule has 1 rings (SSSR count). The molecule has 0 bridgehead atoms. The minimum Gasteiger partial charge on any atom is -0.386 e. The fourth-order valence-corrected chi connectivity index (χ4v) is 1.42. The van der Waals surface area contributed by atoms with E-state index in [-0.39, 0.29) is 6.54 Å². The average Bonchev–Trinajstić information content (AvgIpc) is 2.17. The SMILES string of the molecule is OC(CNCc1cncc(Br)c1)C(F)F. The smallest absolute Gasteiger partial charge is 0.265 e. The van der Waals surface area contributed by atoms with E-state index >= 15 is 0 Å². The van der Waals surface area contributed by atoms with Crippen LogP contribution in [0.15, 0.2) is 22.9 Å². The summed E-state index contributed by atoms with van der Waals surface area (Å²) >= 11 is 3.25. The summed E-state index contributed by atoms with van der Waals surface area (Å²) in [7, 11) is 0. The summed E-state index contributed by atoms with van der Waals surface area (Å²) < 4.78 is 24.6. The van der Waals surface area contributed by atoms with Crippen LogP contribution in [0.4, 0.5) is 8.78 Å². The average molecular weight is 281 g/mol. The molecular weight excluding hydrogens is 270 g/mol. The minimum absolute atomic E-state index is 0.135. The molecule has 1 aromatic heterocycles. The number of pyridine rings is 1. The number of aliphatic hydroxyl groups is 1. The summed E-state index contributed by atoms with van der Waals surface area (Å²) in [5, 5.41) is 11.5. The number of hydrogen-bond donors (Lipinski definition) is 2. The first-order valence-electron chi connectivity index (χ1n) is 4.36. The van der Waals surface area contributed by atoms with Crippen LogP contribution >= 0.6 is 15.9 Å². The van der Waals surface area contributed by atoms with Gasteiger partial charge in [-0.15, -0.1) is 0 Å². The molecule has 1 aromatic rings. The lowest BCUT2D eigenvalue weighted by atomic mass is 10.3. The fourth-order valence-electron chi connectivity index (χ4n) is 1.01. The lowest BCUT2D eigenvalue weighted by Gasteiger charge is -2.10. The molecule has 0 fully saturated rings. The first kappa shape index (κ1) is 12.5. The number of alkyl halides is 2. The van der Waals surface area contributed by atoms with Crippen molar-refractivity contribution in [1.29, 1.82) is 0 Å². The van der Waals surface area contributed by atoms with Crippen molar-refractivity contribution in [3.05, 3.63) is 28.5 Å². The van der Waals surface area contributed by atoms with Crippen LogP contribution in [0.2, 0.25) is 0 Å². The molecule has 3 nitrogen and oxygen atoms in total. The molecule has 1 atom stereocenters. The van der Waals surface area contributed by atoms with Gasteiger partial charge in [-0.25, -0.2) is 8.78 Å². The molecule has 15 heavy (non-hydrogen) atoms. The van der Waals surface area contributed by atoms with Gasteiger partial charge in [0.1, 0.15) is 6.10 Å². The van der Waals surface area contributed by atoms with Crippen molar-refractivity contribution in [2.45, 2.75) is 19.1 Å². The molecule has 0 aliphatic heterocycles. The standard InChI is InChI=1S/C9H11BrF2N2O/c10-7-1-6(2-13-4-7)3-14-5-8(15)9(11)12/h1-2,4,8-9,14-15H,3,5H2. The Morgan fingerprint density at radius 3 is 2.80 bits per heavy atom. The highest BCUT2D eigenvalue weighted by Crippen LogP contribution is 2.09. The van der Waals surface area contributed by atoms with E-state index in [2.05, 4.69) is 26.2 Å². The van der Waals surface area contributed by atoms with E-state index < -0.39 is 12.5 Å². The third kappa shape index (κ3) is 4.63. The monoisotopic (exact) mass is 280 g/mol. The van der Waals surface area contributed by atoms with Gasteiger partial charge in [0.05, 0.1) is 0 Å². The maximum atomic E-state index is 11.9. The first-order valence-corrected chi connectivity index (χ1v) is 5.15. The van der Waals surface area contributed by atoms with Crippen LogP contribution in [-0.2, 0) is 6.54 Å². The van der Waals surface area contributed by atoms with E-state index in [1.807, 2.05) is 6.07 Å².